The zero-order valence-electron chi connectivity index (χ0n) is 15.0. The summed E-state index contributed by atoms with van der Waals surface area (Å²) in [7, 11) is 0. The lowest BCUT2D eigenvalue weighted by atomic mass is 9.71. The van der Waals surface area contributed by atoms with Crippen molar-refractivity contribution in [1.82, 2.24) is 5.32 Å². The highest BCUT2D eigenvalue weighted by Crippen LogP contribution is 2.37. The number of unbranched alkanes of at least 4 members (excludes halogenated alkanes) is 9. The Morgan fingerprint density at radius 3 is 1.76 bits per heavy atom. The molecule has 1 heteroatoms. The molecule has 2 unspecified atom stereocenters. The summed E-state index contributed by atoms with van der Waals surface area (Å²) in [4.78, 5) is 0. The lowest BCUT2D eigenvalue weighted by Gasteiger charge is -2.37. The molecule has 126 valence electrons. The molecule has 2 atom stereocenters. The predicted octanol–water partition coefficient (Wildman–Crippen LogP) is 6.32. The topological polar surface area (TPSA) is 12.0 Å². The molecule has 0 saturated heterocycles. The molecule has 0 heterocycles. The van der Waals surface area contributed by atoms with Gasteiger partial charge in [0.1, 0.15) is 0 Å². The molecule has 1 rings (SSSR count). The van der Waals surface area contributed by atoms with E-state index in [2.05, 4.69) is 19.2 Å². The first-order valence-corrected chi connectivity index (χ1v) is 10.1. The van der Waals surface area contributed by atoms with Gasteiger partial charge in [-0.05, 0) is 44.2 Å². The van der Waals surface area contributed by atoms with E-state index in [9.17, 15) is 0 Å². The molecule has 1 aliphatic rings. The summed E-state index contributed by atoms with van der Waals surface area (Å²) in [5.41, 5.74) is 0. The Morgan fingerprint density at radius 1 is 0.667 bits per heavy atom. The molecule has 1 fully saturated rings. The van der Waals surface area contributed by atoms with Crippen molar-refractivity contribution in [3.05, 3.63) is 0 Å². The molecule has 0 aromatic heterocycles. The van der Waals surface area contributed by atoms with Crippen LogP contribution in [0.1, 0.15) is 104 Å². The lowest BCUT2D eigenvalue weighted by Crippen LogP contribution is -2.35. The van der Waals surface area contributed by atoms with Crippen LogP contribution in [0.4, 0.5) is 0 Å². The highest BCUT2D eigenvalue weighted by atomic mass is 14.9. The molecule has 0 aromatic rings. The Kier molecular flexibility index (Phi) is 12.3. The van der Waals surface area contributed by atoms with Gasteiger partial charge in [0.15, 0.2) is 0 Å². The fourth-order valence-electron chi connectivity index (χ4n) is 3.65. The Morgan fingerprint density at radius 2 is 1.24 bits per heavy atom. The molecule has 0 radical (unpaired) electrons. The van der Waals surface area contributed by atoms with E-state index in [1.54, 1.807) is 0 Å². The zero-order valence-corrected chi connectivity index (χ0v) is 15.0. The normalized spacial score (nSPS) is 21.4. The van der Waals surface area contributed by atoms with Crippen molar-refractivity contribution in [2.45, 2.75) is 104 Å². The summed E-state index contributed by atoms with van der Waals surface area (Å²) in [5, 5.41) is 3.61. The van der Waals surface area contributed by atoms with E-state index in [0.717, 1.165) is 11.8 Å². The minimum absolute atomic E-state index is 1.01. The monoisotopic (exact) mass is 295 g/mol. The second-order valence-corrected chi connectivity index (χ2v) is 7.27. The summed E-state index contributed by atoms with van der Waals surface area (Å²) in [6.45, 7) is 7.05. The van der Waals surface area contributed by atoms with Gasteiger partial charge >= 0.3 is 0 Å². The third-order valence-corrected chi connectivity index (χ3v) is 5.34. The van der Waals surface area contributed by atoms with Gasteiger partial charge in [-0.15, -0.1) is 0 Å². The third-order valence-electron chi connectivity index (χ3n) is 5.34. The maximum Gasteiger partial charge on any atom is -0.00179 e. The number of nitrogens with one attached hydrogen (secondary N) is 1. The van der Waals surface area contributed by atoms with Crippen LogP contribution in [0.25, 0.3) is 0 Å². The highest BCUT2D eigenvalue weighted by Gasteiger charge is 2.29. The highest BCUT2D eigenvalue weighted by molar-refractivity contribution is 4.82. The van der Waals surface area contributed by atoms with Gasteiger partial charge in [0.05, 0.1) is 0 Å². The van der Waals surface area contributed by atoms with Crippen LogP contribution in [0.5, 0.6) is 0 Å². The largest absolute Gasteiger partial charge is 0.316 e. The lowest BCUT2D eigenvalue weighted by molar-refractivity contribution is 0.156. The van der Waals surface area contributed by atoms with E-state index < -0.39 is 0 Å². The smallest absolute Gasteiger partial charge is 0.00179 e. The van der Waals surface area contributed by atoms with Crippen LogP contribution >= 0.6 is 0 Å². The maximum absolute atomic E-state index is 3.61. The molecule has 1 saturated carbocycles. The van der Waals surface area contributed by atoms with Gasteiger partial charge in [-0.1, -0.05) is 84.5 Å². The molecule has 21 heavy (non-hydrogen) atoms. The SMILES string of the molecule is CCCCCCCCCCCCC1CCC1CNCCC. The van der Waals surface area contributed by atoms with Crippen LogP contribution in [-0.2, 0) is 0 Å². The van der Waals surface area contributed by atoms with Crippen LogP contribution in [0, 0.1) is 11.8 Å². The third kappa shape index (κ3) is 9.55. The van der Waals surface area contributed by atoms with Crippen molar-refractivity contribution < 1.29 is 0 Å². The molecule has 0 aliphatic heterocycles. The first-order valence-electron chi connectivity index (χ1n) is 10.1. The summed E-state index contributed by atoms with van der Waals surface area (Å²) in [6, 6.07) is 0. The first kappa shape index (κ1) is 19.0. The van der Waals surface area contributed by atoms with Crippen LogP contribution in [0.2, 0.25) is 0 Å². The van der Waals surface area contributed by atoms with Crippen LogP contribution < -0.4 is 5.32 Å². The van der Waals surface area contributed by atoms with Crippen molar-refractivity contribution in [3.63, 3.8) is 0 Å². The van der Waals surface area contributed by atoms with E-state index in [4.69, 9.17) is 0 Å². The minimum Gasteiger partial charge on any atom is -0.316 e. The van der Waals surface area contributed by atoms with Crippen LogP contribution in [0.15, 0.2) is 0 Å². The number of hydrogen-bond acceptors (Lipinski definition) is 1. The summed E-state index contributed by atoms with van der Waals surface area (Å²) >= 11 is 0. The average Bonchev–Trinajstić information content (AvgIpc) is 2.48. The van der Waals surface area contributed by atoms with Crippen LogP contribution in [0.3, 0.4) is 0 Å². The van der Waals surface area contributed by atoms with Crippen molar-refractivity contribution in [3.8, 4) is 0 Å². The molecular formula is C20H41N. The minimum atomic E-state index is 1.01. The van der Waals surface area contributed by atoms with Gasteiger partial charge < -0.3 is 5.32 Å². The zero-order chi connectivity index (χ0) is 15.2. The van der Waals surface area contributed by atoms with Gasteiger partial charge in [-0.25, -0.2) is 0 Å². The second kappa shape index (κ2) is 13.6. The molecule has 0 spiro atoms. The molecule has 1 N–H and O–H groups in total. The summed E-state index contributed by atoms with van der Waals surface area (Å²) in [5.74, 6) is 2.07. The standard InChI is InChI=1S/C20H41N/c1-3-5-6-7-8-9-10-11-12-13-14-19-15-16-20(19)18-21-17-4-2/h19-21H,3-18H2,1-2H3. The Hall–Kier alpha value is -0.0400. The second-order valence-electron chi connectivity index (χ2n) is 7.27. The fraction of sp³-hybridized carbons (Fsp3) is 1.00. The molecule has 1 nitrogen and oxygen atoms in total. The van der Waals surface area contributed by atoms with Gasteiger partial charge in [0.25, 0.3) is 0 Å². The van der Waals surface area contributed by atoms with E-state index in [-0.39, 0.29) is 0 Å². The molecule has 1 aliphatic carbocycles. The molecule has 0 aromatic carbocycles. The van der Waals surface area contributed by atoms with Crippen molar-refractivity contribution in [1.29, 1.82) is 0 Å². The van der Waals surface area contributed by atoms with E-state index in [1.807, 2.05) is 0 Å². The van der Waals surface area contributed by atoms with E-state index >= 15 is 0 Å². The van der Waals surface area contributed by atoms with Crippen molar-refractivity contribution in [2.75, 3.05) is 13.1 Å². The Balaban J connectivity index is 1.80. The predicted molar refractivity (Wildman–Crippen MR) is 95.8 cm³/mol. The van der Waals surface area contributed by atoms with E-state index in [1.165, 1.54) is 103 Å². The number of hydrogen-bond donors (Lipinski definition) is 1. The van der Waals surface area contributed by atoms with Gasteiger partial charge in [-0.2, -0.15) is 0 Å². The maximum atomic E-state index is 3.61. The van der Waals surface area contributed by atoms with Gasteiger partial charge in [-0.3, -0.25) is 0 Å². The van der Waals surface area contributed by atoms with Crippen molar-refractivity contribution in [2.24, 2.45) is 11.8 Å². The summed E-state index contributed by atoms with van der Waals surface area (Å²) < 4.78 is 0. The first-order chi connectivity index (χ1) is 10.4. The Bertz CT molecular complexity index is 214. The number of rotatable bonds is 15. The average molecular weight is 296 g/mol. The van der Waals surface area contributed by atoms with E-state index in [0.29, 0.717) is 0 Å². The Labute approximate surface area is 134 Å². The van der Waals surface area contributed by atoms with Crippen molar-refractivity contribution >= 4 is 0 Å². The van der Waals surface area contributed by atoms with Crippen LogP contribution in [-0.4, -0.2) is 13.1 Å². The fourth-order valence-corrected chi connectivity index (χ4v) is 3.65. The van der Waals surface area contributed by atoms with Gasteiger partial charge in [0.2, 0.25) is 0 Å². The quantitative estimate of drug-likeness (QED) is 0.348. The molecule has 0 bridgehead atoms. The molecule has 0 amide bonds. The van der Waals surface area contributed by atoms with Gasteiger partial charge in [0, 0.05) is 0 Å². The molecular weight excluding hydrogens is 254 g/mol. The summed E-state index contributed by atoms with van der Waals surface area (Å²) in [6.07, 6.45) is 20.4.